The minimum absolute atomic E-state index is 0.486. The molecule has 0 unspecified atom stereocenters. The molecule has 2 rings (SSSR count). The summed E-state index contributed by atoms with van der Waals surface area (Å²) in [6, 6.07) is 11.1. The van der Waals surface area contributed by atoms with E-state index in [0.29, 0.717) is 11.6 Å². The monoisotopic (exact) mass is 230 g/mol. The van der Waals surface area contributed by atoms with E-state index in [1.165, 1.54) is 0 Å². The number of pyridine rings is 1. The minimum atomic E-state index is 0.486. The molecule has 0 fully saturated rings. The van der Waals surface area contributed by atoms with Gasteiger partial charge in [-0.1, -0.05) is 6.07 Å². The van der Waals surface area contributed by atoms with Gasteiger partial charge in [-0.25, -0.2) is 4.98 Å². The number of benzene rings is 1. The van der Waals surface area contributed by atoms with Gasteiger partial charge < -0.3 is 15.2 Å². The second kappa shape index (κ2) is 4.74. The molecule has 1 heterocycles. The van der Waals surface area contributed by atoms with Gasteiger partial charge in [0.15, 0.2) is 0 Å². The van der Waals surface area contributed by atoms with Crippen molar-refractivity contribution in [1.29, 1.82) is 0 Å². The Morgan fingerprint density at radius 2 is 1.88 bits per heavy atom. The molecule has 0 amide bonds. The average Bonchev–Trinajstić information content (AvgIpc) is 2.38. The molecule has 0 aliphatic carbocycles. The number of nitrogens with two attached hydrogens (primary N) is 1. The van der Waals surface area contributed by atoms with Gasteiger partial charge in [0.2, 0.25) is 0 Å². The molecule has 1 aromatic heterocycles. The number of aromatic nitrogens is 1. The van der Waals surface area contributed by atoms with Gasteiger partial charge in [-0.05, 0) is 24.3 Å². The molecule has 0 bridgehead atoms. The van der Waals surface area contributed by atoms with Gasteiger partial charge in [-0.2, -0.15) is 0 Å². The Morgan fingerprint density at radius 3 is 2.53 bits per heavy atom. The molecule has 4 nitrogen and oxygen atoms in total. The SMILES string of the molecule is COc1ccc(-c2cccc(N)n2)c(OC)c1. The van der Waals surface area contributed by atoms with Gasteiger partial charge in [0.25, 0.3) is 0 Å². The van der Waals surface area contributed by atoms with Crippen LogP contribution in [0.2, 0.25) is 0 Å². The molecular weight excluding hydrogens is 216 g/mol. The summed E-state index contributed by atoms with van der Waals surface area (Å²) in [5.41, 5.74) is 7.34. The van der Waals surface area contributed by atoms with E-state index in [1.807, 2.05) is 30.3 Å². The lowest BCUT2D eigenvalue weighted by Crippen LogP contribution is -1.94. The molecule has 0 spiro atoms. The Hall–Kier alpha value is -2.23. The zero-order chi connectivity index (χ0) is 12.3. The lowest BCUT2D eigenvalue weighted by Gasteiger charge is -2.10. The Balaban J connectivity index is 2.51. The van der Waals surface area contributed by atoms with E-state index < -0.39 is 0 Å². The largest absolute Gasteiger partial charge is 0.497 e. The fraction of sp³-hybridized carbons (Fsp3) is 0.154. The number of rotatable bonds is 3. The lowest BCUT2D eigenvalue weighted by molar-refractivity contribution is 0.395. The molecule has 0 aliphatic heterocycles. The fourth-order valence-electron chi connectivity index (χ4n) is 1.61. The highest BCUT2D eigenvalue weighted by molar-refractivity contribution is 5.69. The number of hydrogen-bond donors (Lipinski definition) is 1. The van der Waals surface area contributed by atoms with E-state index in [4.69, 9.17) is 15.2 Å². The van der Waals surface area contributed by atoms with Crippen LogP contribution in [0.15, 0.2) is 36.4 Å². The Bertz CT molecular complexity index is 527. The van der Waals surface area contributed by atoms with Crippen molar-refractivity contribution in [2.75, 3.05) is 20.0 Å². The van der Waals surface area contributed by atoms with E-state index in [1.54, 1.807) is 20.3 Å². The predicted octanol–water partition coefficient (Wildman–Crippen LogP) is 2.35. The normalized spacial score (nSPS) is 10.0. The van der Waals surface area contributed by atoms with Crippen molar-refractivity contribution in [3.63, 3.8) is 0 Å². The quantitative estimate of drug-likeness (QED) is 0.879. The van der Waals surface area contributed by atoms with Crippen molar-refractivity contribution < 1.29 is 9.47 Å². The maximum absolute atomic E-state index is 5.67. The molecule has 0 aliphatic rings. The van der Waals surface area contributed by atoms with Crippen LogP contribution < -0.4 is 15.2 Å². The maximum Gasteiger partial charge on any atom is 0.131 e. The van der Waals surface area contributed by atoms with Crippen LogP contribution in [-0.2, 0) is 0 Å². The van der Waals surface area contributed by atoms with E-state index in [0.717, 1.165) is 17.0 Å². The van der Waals surface area contributed by atoms with E-state index in [-0.39, 0.29) is 0 Å². The maximum atomic E-state index is 5.67. The Morgan fingerprint density at radius 1 is 1.06 bits per heavy atom. The first-order valence-corrected chi connectivity index (χ1v) is 5.19. The highest BCUT2D eigenvalue weighted by Gasteiger charge is 2.08. The van der Waals surface area contributed by atoms with Gasteiger partial charge in [0, 0.05) is 11.6 Å². The molecule has 2 N–H and O–H groups in total. The van der Waals surface area contributed by atoms with Crippen molar-refractivity contribution in [2.24, 2.45) is 0 Å². The third-order valence-electron chi connectivity index (χ3n) is 2.46. The van der Waals surface area contributed by atoms with Crippen LogP contribution in [0.4, 0.5) is 5.82 Å². The fourth-order valence-corrected chi connectivity index (χ4v) is 1.61. The van der Waals surface area contributed by atoms with Gasteiger partial charge in [-0.3, -0.25) is 0 Å². The molecule has 4 heteroatoms. The highest BCUT2D eigenvalue weighted by atomic mass is 16.5. The van der Waals surface area contributed by atoms with Crippen LogP contribution in [0.5, 0.6) is 11.5 Å². The number of nitrogen functional groups attached to an aromatic ring is 1. The summed E-state index contributed by atoms with van der Waals surface area (Å²) in [5.74, 6) is 1.94. The first-order valence-electron chi connectivity index (χ1n) is 5.19. The van der Waals surface area contributed by atoms with Gasteiger partial charge >= 0.3 is 0 Å². The zero-order valence-corrected chi connectivity index (χ0v) is 9.81. The summed E-state index contributed by atoms with van der Waals surface area (Å²) in [7, 11) is 3.23. The first-order chi connectivity index (χ1) is 8.24. The number of nitrogens with zero attached hydrogens (tertiary/aromatic N) is 1. The van der Waals surface area contributed by atoms with Gasteiger partial charge in [0.05, 0.1) is 19.9 Å². The van der Waals surface area contributed by atoms with Crippen LogP contribution in [0, 0.1) is 0 Å². The average molecular weight is 230 g/mol. The van der Waals surface area contributed by atoms with Crippen molar-refractivity contribution in [1.82, 2.24) is 4.98 Å². The predicted molar refractivity (Wildman–Crippen MR) is 67.2 cm³/mol. The van der Waals surface area contributed by atoms with Gasteiger partial charge in [-0.15, -0.1) is 0 Å². The number of anilines is 1. The third kappa shape index (κ3) is 2.30. The van der Waals surface area contributed by atoms with Crippen molar-refractivity contribution in [2.45, 2.75) is 0 Å². The summed E-state index contributed by atoms with van der Waals surface area (Å²) >= 11 is 0. The number of hydrogen-bond acceptors (Lipinski definition) is 4. The van der Waals surface area contributed by atoms with Crippen molar-refractivity contribution in [3.05, 3.63) is 36.4 Å². The third-order valence-corrected chi connectivity index (χ3v) is 2.46. The Kier molecular flexibility index (Phi) is 3.14. The van der Waals surface area contributed by atoms with Crippen LogP contribution in [0.3, 0.4) is 0 Å². The van der Waals surface area contributed by atoms with Crippen molar-refractivity contribution >= 4 is 5.82 Å². The van der Waals surface area contributed by atoms with Crippen molar-refractivity contribution in [3.8, 4) is 22.8 Å². The summed E-state index contributed by atoms with van der Waals surface area (Å²) in [4.78, 5) is 4.26. The van der Waals surface area contributed by atoms with Crippen LogP contribution in [0.25, 0.3) is 11.3 Å². The van der Waals surface area contributed by atoms with E-state index in [9.17, 15) is 0 Å². The van der Waals surface area contributed by atoms with Crippen LogP contribution >= 0.6 is 0 Å². The van der Waals surface area contributed by atoms with E-state index >= 15 is 0 Å². The minimum Gasteiger partial charge on any atom is -0.497 e. The number of ether oxygens (including phenoxy) is 2. The number of methoxy groups -OCH3 is 2. The standard InChI is InChI=1S/C13H14N2O2/c1-16-9-6-7-10(12(8-9)17-2)11-4-3-5-13(14)15-11/h3-8H,1-2H3,(H2,14,15). The van der Waals surface area contributed by atoms with Crippen LogP contribution in [0.1, 0.15) is 0 Å². The summed E-state index contributed by atoms with van der Waals surface area (Å²) in [6.45, 7) is 0. The molecule has 1 aromatic carbocycles. The molecule has 88 valence electrons. The van der Waals surface area contributed by atoms with Crippen LogP contribution in [-0.4, -0.2) is 19.2 Å². The zero-order valence-electron chi connectivity index (χ0n) is 9.81. The van der Waals surface area contributed by atoms with Gasteiger partial charge in [0.1, 0.15) is 17.3 Å². The molecule has 0 radical (unpaired) electrons. The topological polar surface area (TPSA) is 57.4 Å². The first kappa shape index (κ1) is 11.3. The second-order valence-electron chi connectivity index (χ2n) is 3.51. The highest BCUT2D eigenvalue weighted by Crippen LogP contribution is 2.32. The summed E-state index contributed by atoms with van der Waals surface area (Å²) in [6.07, 6.45) is 0. The smallest absolute Gasteiger partial charge is 0.131 e. The molecule has 17 heavy (non-hydrogen) atoms. The summed E-state index contributed by atoms with van der Waals surface area (Å²) in [5, 5.41) is 0. The summed E-state index contributed by atoms with van der Waals surface area (Å²) < 4.78 is 10.5. The second-order valence-corrected chi connectivity index (χ2v) is 3.51. The molecule has 2 aromatic rings. The molecule has 0 atom stereocenters. The van der Waals surface area contributed by atoms with E-state index in [2.05, 4.69) is 4.98 Å². The molecule has 0 saturated carbocycles. The lowest BCUT2D eigenvalue weighted by atomic mass is 10.1. The molecular formula is C13H14N2O2. The molecule has 0 saturated heterocycles. The Labute approximate surface area is 100 Å².